The van der Waals surface area contributed by atoms with E-state index in [-0.39, 0.29) is 46.0 Å². The van der Waals surface area contributed by atoms with E-state index in [4.69, 9.17) is 1.37 Å². The Morgan fingerprint density at radius 3 is 1.03 bits per heavy atom. The summed E-state index contributed by atoms with van der Waals surface area (Å²) in [7, 11) is -7.27. The van der Waals surface area contributed by atoms with Crippen LogP contribution in [0.4, 0.5) is 34.1 Å². The summed E-state index contributed by atoms with van der Waals surface area (Å²) >= 11 is 0. The number of nitrogens with zero attached hydrogens (tertiary/aromatic N) is 2. The average Bonchev–Trinajstić information content (AvgIpc) is 0.680. The van der Waals surface area contributed by atoms with Crippen molar-refractivity contribution in [1.29, 1.82) is 0 Å². The van der Waals surface area contributed by atoms with Gasteiger partial charge in [-0.15, -0.1) is 0 Å². The minimum Gasteiger partial charge on any atom is -0.311 e. The summed E-state index contributed by atoms with van der Waals surface area (Å²) < 4.78 is 47.1. The van der Waals surface area contributed by atoms with Crippen molar-refractivity contribution in [3.8, 4) is 55.6 Å². The van der Waals surface area contributed by atoms with Crippen molar-refractivity contribution in [2.24, 2.45) is 0 Å². The maximum atomic E-state index is 9.80. The Labute approximate surface area is 678 Å². The van der Waals surface area contributed by atoms with Crippen LogP contribution in [0.2, 0.25) is 0 Å². The third-order valence-electron chi connectivity index (χ3n) is 23.7. The Balaban J connectivity index is 1.07. The van der Waals surface area contributed by atoms with Gasteiger partial charge in [0.1, 0.15) is 0 Å². The summed E-state index contributed by atoms with van der Waals surface area (Å²) in [6.07, 6.45) is 0. The molecule has 546 valence electrons. The zero-order valence-corrected chi connectivity index (χ0v) is 67.7. The molecule has 0 spiro atoms. The molecule has 2 heterocycles. The summed E-state index contributed by atoms with van der Waals surface area (Å²) in [6, 6.07) is 137. The van der Waals surface area contributed by atoms with Gasteiger partial charge in [0.2, 0.25) is 0 Å². The largest absolute Gasteiger partial charge is 0.311 e. The number of benzene rings is 16. The first-order valence-corrected chi connectivity index (χ1v) is 43.7. The van der Waals surface area contributed by atoms with Crippen LogP contribution in [0.15, 0.2) is 400 Å². The Hall–Kier alpha value is -12.4. The standard InChI is InChI=1S/C108H93BN2Si2/c1-106(2,3)84-49-36-58-92(70-84)113(89-54-32-17-33-55-89,91-57-35-48-82(68-91)77-39-20-11-21-40-77)93-62-63-97-102(73-93)111(100-66-61-86(108(7,8)9)72-96(100)80-45-26-14-27-46-80)104-75-94(112(87-50-28-15-29-51-87,88-52-30-16-31-53-88)90-56-34-47-81(67-90)76-37-18-10-19-38-76)74-103-105(104)109(97)98-69-83(78-41-22-12-23-42-78)59-64-101(98)110(103)99-65-60-85(107(4,5)6)71-95(99)79-43-24-13-25-44-79/h10-75H,1-9H3/i12D,22D,23D,41D,42D. The second-order valence-electron chi connectivity index (χ2n) is 33.6. The molecule has 0 N–H and O–H groups in total. The fourth-order valence-electron chi connectivity index (χ4n) is 18.0. The van der Waals surface area contributed by atoms with E-state index in [0.29, 0.717) is 5.56 Å². The van der Waals surface area contributed by atoms with Gasteiger partial charge in [0.25, 0.3) is 6.71 Å². The molecular weight excluding hydrogens is 1390 g/mol. The summed E-state index contributed by atoms with van der Waals surface area (Å²) in [6.45, 7) is 20.2. The lowest BCUT2D eigenvalue weighted by molar-refractivity contribution is 0.590. The molecule has 0 saturated heterocycles. The van der Waals surface area contributed by atoms with Gasteiger partial charge in [-0.25, -0.2) is 0 Å². The van der Waals surface area contributed by atoms with Crippen molar-refractivity contribution in [3.63, 3.8) is 0 Å². The third-order valence-corrected chi connectivity index (χ3v) is 33.1. The highest BCUT2D eigenvalue weighted by Crippen LogP contribution is 2.50. The van der Waals surface area contributed by atoms with Crippen LogP contribution in [-0.4, -0.2) is 22.9 Å². The normalized spacial score (nSPS) is 13.8. The quantitative estimate of drug-likeness (QED) is 0.0746. The zero-order valence-electron chi connectivity index (χ0n) is 70.7. The van der Waals surface area contributed by atoms with Crippen LogP contribution >= 0.6 is 0 Å². The van der Waals surface area contributed by atoms with E-state index >= 15 is 0 Å². The molecule has 18 rings (SSSR count). The second-order valence-corrected chi connectivity index (χ2v) is 41.2. The first-order valence-electron chi connectivity index (χ1n) is 42.2. The number of rotatable bonds is 15. The van der Waals surface area contributed by atoms with Gasteiger partial charge >= 0.3 is 0 Å². The van der Waals surface area contributed by atoms with Crippen molar-refractivity contribution >= 4 is 115 Å². The van der Waals surface area contributed by atoms with Crippen molar-refractivity contribution < 1.29 is 6.85 Å². The highest BCUT2D eigenvalue weighted by atomic mass is 28.3. The molecule has 16 aromatic rings. The molecule has 2 nitrogen and oxygen atoms in total. The lowest BCUT2D eigenvalue weighted by Gasteiger charge is -2.47. The average molecular weight is 1490 g/mol. The molecule has 0 radical (unpaired) electrons. The second kappa shape index (κ2) is 29.1. The molecule has 16 aromatic carbocycles. The monoisotopic (exact) mass is 1490 g/mol. The van der Waals surface area contributed by atoms with Crippen molar-refractivity contribution in [2.45, 2.75) is 78.6 Å². The predicted molar refractivity (Wildman–Crippen MR) is 491 cm³/mol. The fraction of sp³-hybridized carbons (Fsp3) is 0.111. The summed E-state index contributed by atoms with van der Waals surface area (Å²) in [5, 5.41) is 9.77. The zero-order chi connectivity index (χ0) is 81.6. The topological polar surface area (TPSA) is 6.48 Å². The molecule has 113 heavy (non-hydrogen) atoms. The van der Waals surface area contributed by atoms with Crippen LogP contribution in [-0.2, 0) is 16.2 Å². The molecule has 0 bridgehead atoms. The van der Waals surface area contributed by atoms with Gasteiger partial charge in [-0.1, -0.05) is 414 Å². The van der Waals surface area contributed by atoms with Crippen LogP contribution in [0.3, 0.4) is 0 Å². The summed E-state index contributed by atoms with van der Waals surface area (Å²) in [4.78, 5) is 5.21. The maximum Gasteiger partial charge on any atom is 0.252 e. The van der Waals surface area contributed by atoms with Crippen LogP contribution < -0.4 is 67.7 Å². The highest BCUT2D eigenvalue weighted by Gasteiger charge is 2.51. The molecule has 1 unspecified atom stereocenters. The third kappa shape index (κ3) is 12.9. The van der Waals surface area contributed by atoms with Gasteiger partial charge < -0.3 is 9.80 Å². The molecule has 2 aliphatic heterocycles. The maximum absolute atomic E-state index is 9.80. The highest BCUT2D eigenvalue weighted by molar-refractivity contribution is 7.21. The van der Waals surface area contributed by atoms with E-state index < -0.39 is 28.9 Å². The van der Waals surface area contributed by atoms with Crippen LogP contribution in [0.25, 0.3) is 55.6 Å². The van der Waals surface area contributed by atoms with Gasteiger partial charge in [0.15, 0.2) is 16.1 Å². The molecule has 5 heteroatoms. The minimum atomic E-state index is -3.68. The number of hydrogen-bond donors (Lipinski definition) is 0. The number of fused-ring (bicyclic) bond motifs is 4. The lowest BCUT2D eigenvalue weighted by atomic mass is 9.33. The number of anilines is 6. The molecular formula is C108H93BN2Si2. The smallest absolute Gasteiger partial charge is 0.252 e. The molecule has 0 saturated carbocycles. The van der Waals surface area contributed by atoms with E-state index in [1.54, 1.807) is 0 Å². The van der Waals surface area contributed by atoms with Crippen LogP contribution in [0, 0.1) is 0 Å². The molecule has 0 amide bonds. The molecule has 0 fully saturated rings. The Bertz CT molecular complexity index is 6440. The Kier molecular flexibility index (Phi) is 17.1. The molecule has 2 aliphatic rings. The first-order chi connectivity index (χ1) is 57.0. The molecule has 0 aliphatic carbocycles. The summed E-state index contributed by atoms with van der Waals surface area (Å²) in [5.74, 6) is 0. The van der Waals surface area contributed by atoms with E-state index in [1.807, 2.05) is 6.07 Å². The van der Waals surface area contributed by atoms with E-state index in [1.165, 1.54) is 58.2 Å². The van der Waals surface area contributed by atoms with Crippen LogP contribution in [0.5, 0.6) is 0 Å². The van der Waals surface area contributed by atoms with Gasteiger partial charge in [0.05, 0.1) is 18.2 Å². The summed E-state index contributed by atoms with van der Waals surface area (Å²) in [5.41, 5.74) is 21.3. The van der Waals surface area contributed by atoms with Gasteiger partial charge in [-0.3, -0.25) is 0 Å². The van der Waals surface area contributed by atoms with Gasteiger partial charge in [-0.2, -0.15) is 0 Å². The lowest BCUT2D eigenvalue weighted by Crippen LogP contribution is -2.75. The minimum absolute atomic E-state index is 0.147. The van der Waals surface area contributed by atoms with Gasteiger partial charge in [-0.05, 0) is 184 Å². The Morgan fingerprint density at radius 1 is 0.230 bits per heavy atom. The fourth-order valence-corrected chi connectivity index (χ4v) is 27.6. The van der Waals surface area contributed by atoms with E-state index in [0.717, 1.165) is 95.0 Å². The number of hydrogen-bond acceptors (Lipinski definition) is 2. The van der Waals surface area contributed by atoms with Crippen molar-refractivity contribution in [2.75, 3.05) is 9.80 Å². The van der Waals surface area contributed by atoms with Crippen molar-refractivity contribution in [1.82, 2.24) is 0 Å². The first kappa shape index (κ1) is 66.4. The van der Waals surface area contributed by atoms with Crippen LogP contribution in [0.1, 0.15) is 85.9 Å². The molecule has 0 aromatic heterocycles. The van der Waals surface area contributed by atoms with E-state index in [9.17, 15) is 5.48 Å². The Morgan fingerprint density at radius 2 is 0.575 bits per heavy atom. The van der Waals surface area contributed by atoms with Crippen molar-refractivity contribution in [3.05, 3.63) is 417 Å². The SMILES string of the molecule is [2H]c1c([2H])c([2H])c(-c2ccc3c(c2)B2c4ccc([Si](c5ccccc5)(c5cccc(-c6ccccc6)c5)c5cccc(C(C)(C)C)c5)cc4N(c4ccc(C(C)(C)C)cc4-c4ccccc4)c4cc([Si](c5ccccc5)(c5ccccc5)c5cccc(-c6ccccc6)c5)cc(c42)N3c2ccc(C(C)(C)C)cc2-c2ccccc2)c([2H])c1[2H]. The van der Waals surface area contributed by atoms with E-state index in [2.05, 4.69) is 436 Å². The molecule has 1 atom stereocenters. The van der Waals surface area contributed by atoms with Gasteiger partial charge in [0, 0.05) is 33.9 Å². The predicted octanol–water partition coefficient (Wildman–Crippen LogP) is 20.8.